The van der Waals surface area contributed by atoms with Crippen molar-refractivity contribution in [1.82, 2.24) is 9.97 Å². The number of benzene rings is 4. The number of hydrogen-bond acceptors (Lipinski definition) is 6. The normalized spacial score (nSPS) is 14.1. The molecule has 1 fully saturated rings. The van der Waals surface area contributed by atoms with E-state index in [1.807, 2.05) is 37.3 Å². The van der Waals surface area contributed by atoms with Crippen LogP contribution in [0.15, 0.2) is 85.1 Å². The number of nitrogens with one attached hydrogen (secondary N) is 2. The van der Waals surface area contributed by atoms with E-state index in [1.165, 1.54) is 12.1 Å². The first-order valence-electron chi connectivity index (χ1n) is 15.6. The van der Waals surface area contributed by atoms with Crippen molar-refractivity contribution in [3.05, 3.63) is 107 Å². The van der Waals surface area contributed by atoms with Crippen LogP contribution < -0.4 is 15.5 Å². The summed E-state index contributed by atoms with van der Waals surface area (Å²) in [5, 5.41) is 16.8. The molecule has 4 aromatic carbocycles. The molecular formula is C37H36F3N5O2. The molecule has 2 heterocycles. The fourth-order valence-electron chi connectivity index (χ4n) is 5.91. The molecule has 0 aliphatic carbocycles. The summed E-state index contributed by atoms with van der Waals surface area (Å²) in [6, 6.07) is 22.0. The average Bonchev–Trinajstić information content (AvgIpc) is 3.05. The van der Waals surface area contributed by atoms with Gasteiger partial charge in [0.25, 0.3) is 5.91 Å². The Morgan fingerprint density at radius 2 is 1.72 bits per heavy atom. The van der Waals surface area contributed by atoms with Gasteiger partial charge < -0.3 is 20.6 Å². The summed E-state index contributed by atoms with van der Waals surface area (Å²) in [5.74, 6) is -0.00286. The first-order valence-corrected chi connectivity index (χ1v) is 15.6. The second-order valence-electron chi connectivity index (χ2n) is 12.3. The molecule has 0 unspecified atom stereocenters. The molecular weight excluding hydrogens is 603 g/mol. The van der Waals surface area contributed by atoms with Crippen molar-refractivity contribution >= 4 is 39.8 Å². The third-order valence-electron chi connectivity index (χ3n) is 8.52. The monoisotopic (exact) mass is 639 g/mol. The second-order valence-corrected chi connectivity index (χ2v) is 12.3. The summed E-state index contributed by atoms with van der Waals surface area (Å²) in [7, 11) is 0. The van der Waals surface area contributed by atoms with Crippen molar-refractivity contribution in [2.75, 3.05) is 28.6 Å². The zero-order valence-electron chi connectivity index (χ0n) is 26.4. The van der Waals surface area contributed by atoms with Crippen LogP contribution in [0.1, 0.15) is 59.7 Å². The van der Waals surface area contributed by atoms with E-state index in [2.05, 4.69) is 52.6 Å². The zero-order valence-corrected chi connectivity index (χ0v) is 26.4. The van der Waals surface area contributed by atoms with Crippen LogP contribution in [-0.4, -0.2) is 40.2 Å². The van der Waals surface area contributed by atoms with E-state index in [-0.39, 0.29) is 17.6 Å². The summed E-state index contributed by atoms with van der Waals surface area (Å²) in [5.41, 5.74) is 6.09. The Balaban J connectivity index is 1.27. The third kappa shape index (κ3) is 7.23. The number of piperidine rings is 1. The van der Waals surface area contributed by atoms with Gasteiger partial charge in [0.05, 0.1) is 17.2 Å². The smallest absolute Gasteiger partial charge is 0.393 e. The highest BCUT2D eigenvalue weighted by Gasteiger charge is 2.31. The van der Waals surface area contributed by atoms with E-state index in [1.54, 1.807) is 12.3 Å². The summed E-state index contributed by atoms with van der Waals surface area (Å²) >= 11 is 0. The molecule has 0 atom stereocenters. The SMILES string of the molecule is Cc1ccc(NC(=O)c2cccc(C(F)(F)F)c2)cc1-c1cc(C(C)C)c2nc(Nc3cccc(N4CCC(O)CC4)c3)ncc2c1. The number of nitrogens with zero attached hydrogens (tertiary/aromatic N) is 3. The van der Waals surface area contributed by atoms with Gasteiger partial charge in [-0.25, -0.2) is 9.97 Å². The quantitative estimate of drug-likeness (QED) is 0.165. The Labute approximate surface area is 271 Å². The number of amides is 1. The number of carbonyl (C=O) groups is 1. The molecule has 7 nitrogen and oxygen atoms in total. The zero-order chi connectivity index (χ0) is 33.3. The molecule has 6 rings (SSSR count). The van der Waals surface area contributed by atoms with E-state index in [0.29, 0.717) is 11.6 Å². The first kappa shape index (κ1) is 32.0. The summed E-state index contributed by atoms with van der Waals surface area (Å²) in [6.07, 6.45) is -1.47. The predicted molar refractivity (Wildman–Crippen MR) is 180 cm³/mol. The standard InChI is InChI=1S/C37H36F3N5O2/c1-22(2)32-18-25(33-20-29(11-10-23(33)3)42-35(47)24-6-4-7-27(17-24)37(38,39)40)16-26-21-41-36(44-34(26)32)43-28-8-5-9-30(19-28)45-14-12-31(46)13-15-45/h4-11,16-22,31,46H,12-15H2,1-3H3,(H,42,47)(H,41,43,44). The molecule has 3 N–H and O–H groups in total. The van der Waals surface area contributed by atoms with Gasteiger partial charge in [-0.3, -0.25) is 4.79 Å². The Morgan fingerprint density at radius 3 is 2.47 bits per heavy atom. The maximum absolute atomic E-state index is 13.2. The number of halogens is 3. The number of aryl methyl sites for hydroxylation is 1. The van der Waals surface area contributed by atoms with Crippen LogP contribution in [0.5, 0.6) is 0 Å². The summed E-state index contributed by atoms with van der Waals surface area (Å²) in [4.78, 5) is 24.7. The lowest BCUT2D eigenvalue weighted by Gasteiger charge is -2.31. The highest BCUT2D eigenvalue weighted by Crippen LogP contribution is 2.35. The number of anilines is 4. The Morgan fingerprint density at radius 1 is 0.957 bits per heavy atom. The van der Waals surface area contributed by atoms with Gasteiger partial charge >= 0.3 is 6.18 Å². The topological polar surface area (TPSA) is 90.4 Å². The highest BCUT2D eigenvalue weighted by atomic mass is 19.4. The van der Waals surface area contributed by atoms with Crippen LogP contribution >= 0.6 is 0 Å². The number of hydrogen-bond donors (Lipinski definition) is 3. The minimum atomic E-state index is -4.54. The Kier molecular flexibility index (Phi) is 8.88. The van der Waals surface area contributed by atoms with Crippen LogP contribution in [0.3, 0.4) is 0 Å². The fourth-order valence-corrected chi connectivity index (χ4v) is 5.91. The summed E-state index contributed by atoms with van der Waals surface area (Å²) < 4.78 is 39.6. The van der Waals surface area contributed by atoms with Crippen LogP contribution in [0.25, 0.3) is 22.0 Å². The molecule has 0 radical (unpaired) electrons. The van der Waals surface area contributed by atoms with Gasteiger partial charge in [-0.05, 0) is 109 Å². The van der Waals surface area contributed by atoms with Gasteiger partial charge in [0.1, 0.15) is 0 Å². The molecule has 10 heteroatoms. The lowest BCUT2D eigenvalue weighted by atomic mass is 9.92. The van der Waals surface area contributed by atoms with Crippen molar-refractivity contribution in [1.29, 1.82) is 0 Å². The van der Waals surface area contributed by atoms with Crippen LogP contribution in [0, 0.1) is 6.92 Å². The molecule has 5 aromatic rings. The number of rotatable bonds is 7. The lowest BCUT2D eigenvalue weighted by Crippen LogP contribution is -2.35. The van der Waals surface area contributed by atoms with Gasteiger partial charge in [0.15, 0.2) is 0 Å². The molecule has 242 valence electrons. The minimum Gasteiger partial charge on any atom is -0.393 e. The van der Waals surface area contributed by atoms with E-state index >= 15 is 0 Å². The lowest BCUT2D eigenvalue weighted by molar-refractivity contribution is -0.137. The van der Waals surface area contributed by atoms with Gasteiger partial charge in [-0.15, -0.1) is 0 Å². The number of aromatic nitrogens is 2. The predicted octanol–water partition coefficient (Wildman–Crippen LogP) is 8.70. The largest absolute Gasteiger partial charge is 0.416 e. The number of alkyl halides is 3. The molecule has 1 saturated heterocycles. The second kappa shape index (κ2) is 13.0. The number of aliphatic hydroxyl groups excluding tert-OH is 1. The molecule has 1 aliphatic heterocycles. The van der Waals surface area contributed by atoms with Gasteiger partial charge in [-0.2, -0.15) is 13.2 Å². The van der Waals surface area contributed by atoms with Crippen molar-refractivity contribution in [3.8, 4) is 11.1 Å². The molecule has 1 amide bonds. The molecule has 0 bridgehead atoms. The third-order valence-corrected chi connectivity index (χ3v) is 8.52. The van der Waals surface area contributed by atoms with E-state index in [4.69, 9.17) is 4.98 Å². The Bertz CT molecular complexity index is 1930. The minimum absolute atomic E-state index is 0.0747. The molecule has 0 saturated carbocycles. The number of aliphatic hydroxyl groups is 1. The van der Waals surface area contributed by atoms with Crippen molar-refractivity contribution in [3.63, 3.8) is 0 Å². The maximum Gasteiger partial charge on any atom is 0.416 e. The van der Waals surface area contributed by atoms with E-state index in [0.717, 1.165) is 82.6 Å². The van der Waals surface area contributed by atoms with Crippen LogP contribution in [0.2, 0.25) is 0 Å². The highest BCUT2D eigenvalue weighted by molar-refractivity contribution is 6.04. The average molecular weight is 640 g/mol. The maximum atomic E-state index is 13.2. The van der Waals surface area contributed by atoms with Gasteiger partial charge in [-0.1, -0.05) is 32.0 Å². The molecule has 1 aromatic heterocycles. The summed E-state index contributed by atoms with van der Waals surface area (Å²) in [6.45, 7) is 7.79. The molecule has 47 heavy (non-hydrogen) atoms. The van der Waals surface area contributed by atoms with Crippen molar-refractivity contribution in [2.24, 2.45) is 0 Å². The van der Waals surface area contributed by atoms with Crippen molar-refractivity contribution in [2.45, 2.75) is 51.8 Å². The van der Waals surface area contributed by atoms with Crippen LogP contribution in [0.4, 0.5) is 36.2 Å². The van der Waals surface area contributed by atoms with E-state index < -0.39 is 17.6 Å². The number of fused-ring (bicyclic) bond motifs is 1. The Hall–Kier alpha value is -4.96. The van der Waals surface area contributed by atoms with Gasteiger partial charge in [0.2, 0.25) is 5.95 Å². The number of carbonyl (C=O) groups excluding carboxylic acids is 1. The fraction of sp³-hybridized carbons (Fsp3) is 0.270. The van der Waals surface area contributed by atoms with Crippen LogP contribution in [-0.2, 0) is 6.18 Å². The van der Waals surface area contributed by atoms with Gasteiger partial charge in [0, 0.05) is 47.3 Å². The molecule has 1 aliphatic rings. The van der Waals surface area contributed by atoms with Crippen molar-refractivity contribution < 1.29 is 23.1 Å². The molecule has 0 spiro atoms. The van der Waals surface area contributed by atoms with E-state index in [9.17, 15) is 23.1 Å². The first-order chi connectivity index (χ1) is 22.4.